The summed E-state index contributed by atoms with van der Waals surface area (Å²) in [5, 5.41) is 11.6. The molecule has 0 amide bonds. The zero-order valence-electron chi connectivity index (χ0n) is 8.91. The molecule has 1 rings (SSSR count). The number of oxime groups is 1. The minimum atomic E-state index is -0.368. The lowest BCUT2D eigenvalue weighted by molar-refractivity contribution is -0.146. The maximum absolute atomic E-state index is 11.1. The molecule has 0 spiro atoms. The molecule has 4 heteroatoms. The van der Waals surface area contributed by atoms with Crippen LogP contribution in [0.1, 0.15) is 40.0 Å². The van der Waals surface area contributed by atoms with Crippen molar-refractivity contribution in [2.75, 3.05) is 0 Å². The number of esters is 1. The minimum Gasteiger partial charge on any atom is -0.459 e. The number of nitrogens with zero attached hydrogens (tertiary/aromatic N) is 1. The third-order valence-electron chi connectivity index (χ3n) is 2.80. The molecule has 1 N–H and O–H groups in total. The fraction of sp³-hybridized carbons (Fsp3) is 0.800. The number of cyclic esters (lactones) is 1. The van der Waals surface area contributed by atoms with Crippen LogP contribution in [-0.2, 0) is 9.53 Å². The average Bonchev–Trinajstić information content (AvgIpc) is 2.35. The van der Waals surface area contributed by atoms with Crippen molar-refractivity contribution in [2.24, 2.45) is 11.1 Å². The third-order valence-corrected chi connectivity index (χ3v) is 2.80. The summed E-state index contributed by atoms with van der Waals surface area (Å²) in [4.78, 5) is 11.1. The zero-order chi connectivity index (χ0) is 10.8. The predicted molar refractivity (Wildman–Crippen MR) is 52.4 cm³/mol. The lowest BCUT2D eigenvalue weighted by atomic mass is 9.86. The van der Waals surface area contributed by atoms with Gasteiger partial charge in [0.15, 0.2) is 0 Å². The molecule has 1 atom stereocenters. The van der Waals surface area contributed by atoms with Gasteiger partial charge in [-0.2, -0.15) is 0 Å². The van der Waals surface area contributed by atoms with Crippen molar-refractivity contribution in [1.82, 2.24) is 0 Å². The van der Waals surface area contributed by atoms with Gasteiger partial charge < -0.3 is 9.94 Å². The Hall–Kier alpha value is -1.06. The molecule has 0 aromatic heterocycles. The fourth-order valence-corrected chi connectivity index (χ4v) is 1.75. The summed E-state index contributed by atoms with van der Waals surface area (Å²) < 4.78 is 5.19. The molecular weight excluding hydrogens is 182 g/mol. The number of rotatable bonds is 3. The molecule has 0 radical (unpaired) electrons. The number of carbonyl (C=O) groups is 1. The Kier molecular flexibility index (Phi) is 3.13. The van der Waals surface area contributed by atoms with Crippen LogP contribution >= 0.6 is 0 Å². The van der Waals surface area contributed by atoms with Crippen LogP contribution in [0.25, 0.3) is 0 Å². The molecule has 0 bridgehead atoms. The van der Waals surface area contributed by atoms with Gasteiger partial charge in [-0.3, -0.25) is 4.79 Å². The van der Waals surface area contributed by atoms with Crippen LogP contribution in [0.5, 0.6) is 0 Å². The van der Waals surface area contributed by atoms with Gasteiger partial charge in [0.1, 0.15) is 5.60 Å². The largest absolute Gasteiger partial charge is 0.459 e. The molecule has 80 valence electrons. The number of carbonyl (C=O) groups excluding carboxylic acids is 1. The van der Waals surface area contributed by atoms with E-state index in [2.05, 4.69) is 5.16 Å². The minimum absolute atomic E-state index is 0.126. The molecule has 1 aliphatic heterocycles. The Bertz CT molecular complexity index is 258. The van der Waals surface area contributed by atoms with Crippen molar-refractivity contribution in [3.05, 3.63) is 0 Å². The highest BCUT2D eigenvalue weighted by atomic mass is 16.6. The summed E-state index contributed by atoms with van der Waals surface area (Å²) in [6.07, 6.45) is 2.02. The predicted octanol–water partition coefficient (Wildman–Crippen LogP) is 1.96. The quantitative estimate of drug-likeness (QED) is 0.327. The maximum Gasteiger partial charge on any atom is 0.306 e. The van der Waals surface area contributed by atoms with E-state index in [1.165, 1.54) is 0 Å². The second-order valence-electron chi connectivity index (χ2n) is 4.35. The first-order chi connectivity index (χ1) is 6.45. The van der Waals surface area contributed by atoms with E-state index in [1.54, 1.807) is 6.92 Å². The van der Waals surface area contributed by atoms with Crippen molar-refractivity contribution in [1.29, 1.82) is 0 Å². The summed E-state index contributed by atoms with van der Waals surface area (Å²) in [5.41, 5.74) is 0.326. The number of hydrogen-bond donors (Lipinski definition) is 1. The number of ether oxygens (including phenoxy) is 1. The molecule has 4 nitrogen and oxygen atoms in total. The molecule has 0 unspecified atom stereocenters. The van der Waals surface area contributed by atoms with Gasteiger partial charge in [0, 0.05) is 5.92 Å². The smallest absolute Gasteiger partial charge is 0.306 e. The lowest BCUT2D eigenvalue weighted by Gasteiger charge is -2.24. The lowest BCUT2D eigenvalue weighted by Crippen LogP contribution is -2.27. The molecule has 1 fully saturated rings. The maximum atomic E-state index is 11.1. The first-order valence-corrected chi connectivity index (χ1v) is 4.85. The fourth-order valence-electron chi connectivity index (χ4n) is 1.75. The summed E-state index contributed by atoms with van der Waals surface area (Å²) in [7, 11) is 0. The Morgan fingerprint density at radius 3 is 2.79 bits per heavy atom. The normalized spacial score (nSPS) is 26.4. The third kappa shape index (κ3) is 2.47. The molecule has 14 heavy (non-hydrogen) atoms. The molecular formula is C10H17NO3. The van der Waals surface area contributed by atoms with E-state index in [9.17, 15) is 4.79 Å². The number of hydrogen-bond acceptors (Lipinski definition) is 4. The van der Waals surface area contributed by atoms with Crippen LogP contribution in [0.4, 0.5) is 0 Å². The topological polar surface area (TPSA) is 58.9 Å². The second-order valence-corrected chi connectivity index (χ2v) is 4.35. The van der Waals surface area contributed by atoms with E-state index in [-0.39, 0.29) is 17.5 Å². The van der Waals surface area contributed by atoms with Crippen LogP contribution in [0.15, 0.2) is 5.16 Å². The van der Waals surface area contributed by atoms with E-state index in [4.69, 9.17) is 9.94 Å². The van der Waals surface area contributed by atoms with Crippen LogP contribution in [0.2, 0.25) is 0 Å². The monoisotopic (exact) mass is 199 g/mol. The standard InChI is InChI=1S/C10H17NO3/c1-7(11-13)4-5-8-6-9(12)14-10(8,2)3/h8,13H,4-6H2,1-3H3/b11-7+/t8-/m0/s1. The first-order valence-electron chi connectivity index (χ1n) is 4.85. The van der Waals surface area contributed by atoms with Gasteiger partial charge in [-0.1, -0.05) is 5.16 Å². The van der Waals surface area contributed by atoms with Crippen molar-refractivity contribution >= 4 is 11.7 Å². The molecule has 1 aliphatic rings. The molecule has 0 aromatic rings. The van der Waals surface area contributed by atoms with Crippen molar-refractivity contribution in [3.63, 3.8) is 0 Å². The Morgan fingerprint density at radius 2 is 2.36 bits per heavy atom. The SMILES string of the molecule is C/C(CC[C@H]1CC(=O)OC1(C)C)=N\O. The highest BCUT2D eigenvalue weighted by Crippen LogP contribution is 2.35. The van der Waals surface area contributed by atoms with Gasteiger partial charge >= 0.3 is 5.97 Å². The van der Waals surface area contributed by atoms with Crippen molar-refractivity contribution < 1.29 is 14.7 Å². The Morgan fingerprint density at radius 1 is 1.71 bits per heavy atom. The second kappa shape index (κ2) is 3.98. The van der Waals surface area contributed by atoms with Crippen LogP contribution in [0, 0.1) is 5.92 Å². The van der Waals surface area contributed by atoms with E-state index in [1.807, 2.05) is 13.8 Å². The Labute approximate surface area is 83.9 Å². The van der Waals surface area contributed by atoms with E-state index in [0.717, 1.165) is 6.42 Å². The van der Waals surface area contributed by atoms with Crippen molar-refractivity contribution in [2.45, 2.75) is 45.6 Å². The average molecular weight is 199 g/mol. The molecule has 1 heterocycles. The molecule has 0 saturated carbocycles. The highest BCUT2D eigenvalue weighted by Gasteiger charge is 2.40. The van der Waals surface area contributed by atoms with E-state index >= 15 is 0 Å². The van der Waals surface area contributed by atoms with Crippen molar-refractivity contribution in [3.8, 4) is 0 Å². The van der Waals surface area contributed by atoms with Crippen LogP contribution < -0.4 is 0 Å². The molecule has 0 aromatic carbocycles. The molecule has 1 saturated heterocycles. The van der Waals surface area contributed by atoms with Gasteiger partial charge in [-0.05, 0) is 33.6 Å². The van der Waals surface area contributed by atoms with Gasteiger partial charge in [-0.25, -0.2) is 0 Å². The van der Waals surface area contributed by atoms with Gasteiger partial charge in [0.05, 0.1) is 12.1 Å². The summed E-state index contributed by atoms with van der Waals surface area (Å²) in [6.45, 7) is 5.62. The van der Waals surface area contributed by atoms with Crippen LogP contribution in [-0.4, -0.2) is 22.5 Å². The summed E-state index contributed by atoms with van der Waals surface area (Å²) >= 11 is 0. The zero-order valence-corrected chi connectivity index (χ0v) is 8.91. The highest BCUT2D eigenvalue weighted by molar-refractivity contribution is 5.81. The van der Waals surface area contributed by atoms with E-state index in [0.29, 0.717) is 18.6 Å². The molecule has 0 aliphatic carbocycles. The van der Waals surface area contributed by atoms with Crippen LogP contribution in [0.3, 0.4) is 0 Å². The first kappa shape index (κ1) is 11.0. The van der Waals surface area contributed by atoms with Gasteiger partial charge in [0.25, 0.3) is 0 Å². The van der Waals surface area contributed by atoms with Gasteiger partial charge in [-0.15, -0.1) is 0 Å². The summed E-state index contributed by atoms with van der Waals surface area (Å²) in [6, 6.07) is 0. The summed E-state index contributed by atoms with van der Waals surface area (Å²) in [5.74, 6) is 0.102. The van der Waals surface area contributed by atoms with E-state index < -0.39 is 0 Å². The van der Waals surface area contributed by atoms with Gasteiger partial charge in [0.2, 0.25) is 0 Å². The Balaban J connectivity index is 2.49.